The molecule has 1 heterocycles. The lowest BCUT2D eigenvalue weighted by Gasteiger charge is -2.22. The lowest BCUT2D eigenvalue weighted by Crippen LogP contribution is -2.36. The number of nitrogens with one attached hydrogen (secondary N) is 1. The van der Waals surface area contributed by atoms with E-state index < -0.39 is 29.9 Å². The number of methoxy groups -OCH3 is 1. The molecule has 2 rings (SSSR count). The molecule has 0 spiro atoms. The zero-order chi connectivity index (χ0) is 19.3. The van der Waals surface area contributed by atoms with Gasteiger partial charge in [0.25, 0.3) is 5.78 Å². The zero-order valence-electron chi connectivity index (χ0n) is 13.9. The standard InChI is InChI=1S/C17H17F3N2O4/c1-26-16(25)11-4-6-12(7-5-11)21-15(24)13-3-2-9-22(13)10-8-14(23)17(18,19)20/h4-8,10,13H,2-3,9H2,1H3,(H,21,24). The second-order valence-corrected chi connectivity index (χ2v) is 5.63. The Balaban J connectivity index is 2.00. The fourth-order valence-corrected chi connectivity index (χ4v) is 2.54. The fraction of sp³-hybridized carbons (Fsp3) is 0.353. The maximum Gasteiger partial charge on any atom is 0.454 e. The number of ketones is 1. The zero-order valence-corrected chi connectivity index (χ0v) is 13.9. The summed E-state index contributed by atoms with van der Waals surface area (Å²) in [6, 6.07) is 5.33. The van der Waals surface area contributed by atoms with Gasteiger partial charge in [0.05, 0.1) is 12.7 Å². The van der Waals surface area contributed by atoms with Crippen molar-refractivity contribution >= 4 is 23.3 Å². The Morgan fingerprint density at radius 3 is 2.46 bits per heavy atom. The lowest BCUT2D eigenvalue weighted by molar-refractivity contribution is -0.165. The van der Waals surface area contributed by atoms with Crippen LogP contribution in [0.2, 0.25) is 0 Å². The Hall–Kier alpha value is -2.84. The number of rotatable bonds is 5. The Bertz CT molecular complexity index is 714. The van der Waals surface area contributed by atoms with E-state index in [1.54, 1.807) is 0 Å². The van der Waals surface area contributed by atoms with E-state index in [9.17, 15) is 27.6 Å². The van der Waals surface area contributed by atoms with Gasteiger partial charge in [-0.3, -0.25) is 9.59 Å². The third-order valence-electron chi connectivity index (χ3n) is 3.87. The molecule has 1 saturated heterocycles. The summed E-state index contributed by atoms with van der Waals surface area (Å²) in [4.78, 5) is 36.0. The van der Waals surface area contributed by atoms with Crippen LogP contribution in [0, 0.1) is 0 Å². The van der Waals surface area contributed by atoms with Crippen molar-refractivity contribution in [2.75, 3.05) is 19.0 Å². The molecule has 140 valence electrons. The number of esters is 1. The van der Waals surface area contributed by atoms with Gasteiger partial charge in [-0.15, -0.1) is 0 Å². The van der Waals surface area contributed by atoms with Crippen molar-refractivity contribution in [1.82, 2.24) is 4.90 Å². The van der Waals surface area contributed by atoms with Crippen LogP contribution in [-0.2, 0) is 14.3 Å². The van der Waals surface area contributed by atoms with Crippen LogP contribution in [0.4, 0.5) is 18.9 Å². The van der Waals surface area contributed by atoms with E-state index in [0.717, 1.165) is 6.20 Å². The first-order chi connectivity index (χ1) is 12.2. The first-order valence-corrected chi connectivity index (χ1v) is 7.76. The molecule has 1 N–H and O–H groups in total. The van der Waals surface area contributed by atoms with Crippen LogP contribution in [0.5, 0.6) is 0 Å². The van der Waals surface area contributed by atoms with E-state index in [-0.39, 0.29) is 0 Å². The summed E-state index contributed by atoms with van der Waals surface area (Å²) < 4.78 is 41.3. The van der Waals surface area contributed by atoms with E-state index in [0.29, 0.717) is 36.7 Å². The molecule has 1 amide bonds. The molecule has 9 heteroatoms. The highest BCUT2D eigenvalue weighted by Crippen LogP contribution is 2.21. The lowest BCUT2D eigenvalue weighted by atomic mass is 10.1. The molecule has 1 fully saturated rings. The number of alkyl halides is 3. The van der Waals surface area contributed by atoms with E-state index in [1.807, 2.05) is 0 Å². The summed E-state index contributed by atoms with van der Waals surface area (Å²) in [5.41, 5.74) is 0.756. The molecule has 0 aromatic heterocycles. The average molecular weight is 370 g/mol. The minimum atomic E-state index is -4.94. The van der Waals surface area contributed by atoms with E-state index >= 15 is 0 Å². The number of carbonyl (C=O) groups excluding carboxylic acids is 3. The summed E-state index contributed by atoms with van der Waals surface area (Å²) in [6.45, 7) is 0.376. The van der Waals surface area contributed by atoms with Crippen LogP contribution in [0.25, 0.3) is 0 Å². The number of benzene rings is 1. The Morgan fingerprint density at radius 1 is 1.23 bits per heavy atom. The third kappa shape index (κ3) is 4.84. The van der Waals surface area contributed by atoms with Gasteiger partial charge in [-0.25, -0.2) is 4.79 Å². The predicted octanol–water partition coefficient (Wildman–Crippen LogP) is 2.52. The number of halogens is 3. The van der Waals surface area contributed by atoms with Crippen molar-refractivity contribution < 1.29 is 32.3 Å². The number of ether oxygens (including phenoxy) is 1. The fourth-order valence-electron chi connectivity index (χ4n) is 2.54. The molecule has 1 aromatic rings. The van der Waals surface area contributed by atoms with Gasteiger partial charge >= 0.3 is 12.1 Å². The van der Waals surface area contributed by atoms with Crippen molar-refractivity contribution in [3.8, 4) is 0 Å². The molecule has 1 atom stereocenters. The maximum atomic E-state index is 12.4. The molecular formula is C17H17F3N2O4. The highest BCUT2D eigenvalue weighted by Gasteiger charge is 2.37. The third-order valence-corrected chi connectivity index (χ3v) is 3.87. The molecular weight excluding hydrogens is 353 g/mol. The Labute approximate surface area is 147 Å². The highest BCUT2D eigenvalue weighted by molar-refractivity contribution is 5.97. The van der Waals surface area contributed by atoms with Gasteiger partial charge in [-0.05, 0) is 37.1 Å². The van der Waals surface area contributed by atoms with Gasteiger partial charge < -0.3 is 15.0 Å². The number of carbonyl (C=O) groups is 3. The normalized spacial score (nSPS) is 17.4. The number of hydrogen-bond acceptors (Lipinski definition) is 5. The topological polar surface area (TPSA) is 75.7 Å². The largest absolute Gasteiger partial charge is 0.465 e. The minimum absolute atomic E-state index is 0.321. The first kappa shape index (κ1) is 19.5. The summed E-state index contributed by atoms with van der Waals surface area (Å²) in [5, 5.41) is 2.64. The summed E-state index contributed by atoms with van der Waals surface area (Å²) in [5.74, 6) is -2.89. The number of amides is 1. The number of likely N-dealkylation sites (tertiary alicyclic amines) is 1. The molecule has 0 aliphatic carbocycles. The molecule has 1 aliphatic rings. The number of allylic oxidation sites excluding steroid dienone is 1. The van der Waals surface area contributed by atoms with Crippen molar-refractivity contribution in [2.45, 2.75) is 25.1 Å². The van der Waals surface area contributed by atoms with Gasteiger partial charge in [-0.1, -0.05) is 0 Å². The predicted molar refractivity (Wildman–Crippen MR) is 86.3 cm³/mol. The molecule has 0 radical (unpaired) electrons. The first-order valence-electron chi connectivity index (χ1n) is 7.76. The maximum absolute atomic E-state index is 12.4. The smallest absolute Gasteiger partial charge is 0.454 e. The number of nitrogens with zero attached hydrogens (tertiary/aromatic N) is 1. The molecule has 1 unspecified atom stereocenters. The quantitative estimate of drug-likeness (QED) is 0.637. The second-order valence-electron chi connectivity index (χ2n) is 5.63. The minimum Gasteiger partial charge on any atom is -0.465 e. The van der Waals surface area contributed by atoms with Crippen LogP contribution >= 0.6 is 0 Å². The van der Waals surface area contributed by atoms with E-state index in [1.165, 1.54) is 36.3 Å². The SMILES string of the molecule is COC(=O)c1ccc(NC(=O)C2CCCN2C=CC(=O)C(F)(F)F)cc1. The Morgan fingerprint density at radius 2 is 1.88 bits per heavy atom. The summed E-state index contributed by atoms with van der Waals surface area (Å²) in [7, 11) is 1.25. The average Bonchev–Trinajstić information content (AvgIpc) is 3.07. The van der Waals surface area contributed by atoms with E-state index in [2.05, 4.69) is 10.1 Å². The van der Waals surface area contributed by atoms with Gasteiger partial charge in [0.2, 0.25) is 5.91 Å². The van der Waals surface area contributed by atoms with Crippen LogP contribution in [0.3, 0.4) is 0 Å². The Kier molecular flexibility index (Phi) is 6.01. The van der Waals surface area contributed by atoms with Crippen molar-refractivity contribution in [3.05, 3.63) is 42.1 Å². The monoisotopic (exact) mass is 370 g/mol. The second kappa shape index (κ2) is 8.03. The van der Waals surface area contributed by atoms with Gasteiger partial charge in [0.15, 0.2) is 0 Å². The van der Waals surface area contributed by atoms with Crippen LogP contribution in [0.1, 0.15) is 23.2 Å². The van der Waals surface area contributed by atoms with Crippen LogP contribution < -0.4 is 5.32 Å². The molecule has 26 heavy (non-hydrogen) atoms. The molecule has 6 nitrogen and oxygen atoms in total. The van der Waals surface area contributed by atoms with Crippen LogP contribution in [-0.4, -0.2) is 48.4 Å². The van der Waals surface area contributed by atoms with Crippen molar-refractivity contribution in [2.24, 2.45) is 0 Å². The molecule has 1 aliphatic heterocycles. The van der Waals surface area contributed by atoms with Crippen molar-refractivity contribution in [1.29, 1.82) is 0 Å². The van der Waals surface area contributed by atoms with Gasteiger partial charge in [0, 0.05) is 24.5 Å². The number of hydrogen-bond donors (Lipinski definition) is 1. The van der Waals surface area contributed by atoms with Gasteiger partial charge in [-0.2, -0.15) is 13.2 Å². The van der Waals surface area contributed by atoms with Gasteiger partial charge in [0.1, 0.15) is 6.04 Å². The number of anilines is 1. The van der Waals surface area contributed by atoms with Crippen molar-refractivity contribution in [3.63, 3.8) is 0 Å². The van der Waals surface area contributed by atoms with Crippen LogP contribution in [0.15, 0.2) is 36.5 Å². The highest BCUT2D eigenvalue weighted by atomic mass is 19.4. The molecule has 0 bridgehead atoms. The summed E-state index contributed by atoms with van der Waals surface area (Å²) >= 11 is 0. The molecule has 0 saturated carbocycles. The van der Waals surface area contributed by atoms with E-state index in [4.69, 9.17) is 0 Å². The summed E-state index contributed by atoms with van der Waals surface area (Å²) in [6.07, 6.45) is -2.43. The molecule has 1 aromatic carbocycles.